The summed E-state index contributed by atoms with van der Waals surface area (Å²) in [5.74, 6) is -2.47. The molecule has 10 heteroatoms. The number of aromatic nitrogens is 1. The van der Waals surface area contributed by atoms with Crippen LogP contribution in [0.4, 0.5) is 5.69 Å². The van der Waals surface area contributed by atoms with Crippen molar-refractivity contribution in [3.63, 3.8) is 0 Å². The van der Waals surface area contributed by atoms with Crippen LogP contribution < -0.4 is 79.4 Å². The van der Waals surface area contributed by atoms with E-state index in [1.165, 1.54) is 50.3 Å². The van der Waals surface area contributed by atoms with Crippen LogP contribution in [-0.4, -0.2) is 29.4 Å². The van der Waals surface area contributed by atoms with Gasteiger partial charge in [0, 0.05) is 30.5 Å². The first-order valence-corrected chi connectivity index (χ1v) is 12.5. The van der Waals surface area contributed by atoms with Crippen molar-refractivity contribution in [1.29, 1.82) is 0 Å². The molecule has 0 aliphatic heterocycles. The molecule has 0 aliphatic carbocycles. The minimum Gasteiger partial charge on any atom is -0.550 e. The zero-order valence-corrected chi connectivity index (χ0v) is 26.8. The van der Waals surface area contributed by atoms with Crippen LogP contribution in [0, 0.1) is 0 Å². The molecule has 0 bridgehead atoms. The molecule has 0 atom stereocenters. The summed E-state index contributed by atoms with van der Waals surface area (Å²) >= 11 is 0. The maximum atomic E-state index is 12.7. The zero-order valence-electron chi connectivity index (χ0n) is 22.8. The molecule has 0 fully saturated rings. The number of rotatable bonds is 17. The Kier molecular flexibility index (Phi) is 20.2. The van der Waals surface area contributed by atoms with E-state index in [9.17, 15) is 24.6 Å². The molecule has 1 aromatic carbocycles. The van der Waals surface area contributed by atoms with Gasteiger partial charge >= 0.3 is 59.1 Å². The molecule has 0 saturated heterocycles. The monoisotopic (exact) mass is 540 g/mol. The van der Waals surface area contributed by atoms with Crippen LogP contribution in [0.3, 0.4) is 0 Å². The molecule has 0 aliphatic rings. The fourth-order valence-corrected chi connectivity index (χ4v) is 3.64. The third-order valence-electron chi connectivity index (χ3n) is 5.47. The number of carbonyl (C=O) groups is 3. The molecule has 0 saturated carbocycles. The summed E-state index contributed by atoms with van der Waals surface area (Å²) in [5, 5.41) is 24.3. The summed E-state index contributed by atoms with van der Waals surface area (Å²) in [6.45, 7) is 2.70. The van der Waals surface area contributed by atoms with E-state index in [0.717, 1.165) is 19.3 Å². The molecule has 1 amide bonds. The van der Waals surface area contributed by atoms with Crippen LogP contribution in [0.5, 0.6) is 5.75 Å². The number of hydrogen-bond acceptors (Lipinski definition) is 7. The second kappa shape index (κ2) is 21.2. The van der Waals surface area contributed by atoms with E-state index >= 15 is 0 Å². The minimum atomic E-state index is -1.22. The standard InChI is InChI=1S/C28H36N2O6.2Na/c1-2-3-4-5-6-7-8-9-18-36-25-17-16-24(30-23(25)14-11-15-26(31)32)28(35)29-22-13-10-12-21(19-22)20-27(33)34;;/h10-14,16-17,19H,2-9,15,18,20H2,1H3,(H,29,35)(H,31,32)(H,33,34);;/q;2*+1/p-2/b14-11+;;. The van der Waals surface area contributed by atoms with E-state index in [0.29, 0.717) is 29.3 Å². The number of amides is 1. The molecule has 2 rings (SSSR count). The molecule has 8 nitrogen and oxygen atoms in total. The maximum absolute atomic E-state index is 12.7. The predicted molar refractivity (Wildman–Crippen MR) is 134 cm³/mol. The molecule has 2 aromatic rings. The van der Waals surface area contributed by atoms with Gasteiger partial charge in [0.2, 0.25) is 0 Å². The number of ether oxygens (including phenoxy) is 1. The van der Waals surface area contributed by atoms with Crippen molar-refractivity contribution in [2.75, 3.05) is 11.9 Å². The zero-order chi connectivity index (χ0) is 26.2. The van der Waals surface area contributed by atoms with Crippen LogP contribution >= 0.6 is 0 Å². The Morgan fingerprint density at radius 2 is 1.61 bits per heavy atom. The minimum absolute atomic E-state index is 0. The number of carboxylic acid groups (broad SMARTS) is 2. The van der Waals surface area contributed by atoms with Gasteiger partial charge in [0.1, 0.15) is 17.1 Å². The Morgan fingerprint density at radius 3 is 2.26 bits per heavy atom. The molecular weight excluding hydrogens is 506 g/mol. The van der Waals surface area contributed by atoms with Crippen LogP contribution in [0.15, 0.2) is 42.5 Å². The van der Waals surface area contributed by atoms with E-state index in [1.807, 2.05) is 0 Å². The Labute approximate surface area is 269 Å². The first-order chi connectivity index (χ1) is 17.4. The van der Waals surface area contributed by atoms with Gasteiger partial charge in [-0.3, -0.25) is 4.79 Å². The van der Waals surface area contributed by atoms with Crippen LogP contribution in [0.1, 0.15) is 86.5 Å². The van der Waals surface area contributed by atoms with Gasteiger partial charge in [-0.1, -0.05) is 70.1 Å². The maximum Gasteiger partial charge on any atom is 1.00 e. The number of anilines is 1. The summed E-state index contributed by atoms with van der Waals surface area (Å²) in [6.07, 6.45) is 11.7. The topological polar surface area (TPSA) is 131 Å². The summed E-state index contributed by atoms with van der Waals surface area (Å²) in [4.78, 5) is 38.7. The van der Waals surface area contributed by atoms with Gasteiger partial charge in [-0.25, -0.2) is 4.98 Å². The molecule has 1 aromatic heterocycles. The number of pyridine rings is 1. The Balaban J connectivity index is 0.00000684. The number of carbonyl (C=O) groups excluding carboxylic acids is 3. The number of hydrogen-bond donors (Lipinski definition) is 1. The second-order valence-electron chi connectivity index (χ2n) is 8.58. The van der Waals surface area contributed by atoms with Crippen molar-refractivity contribution in [2.24, 2.45) is 0 Å². The Hall–Kier alpha value is -1.68. The normalized spacial score (nSPS) is 10.3. The Bertz CT molecular complexity index is 1050. The number of benzene rings is 1. The molecule has 0 unspecified atom stereocenters. The Morgan fingerprint density at radius 1 is 0.921 bits per heavy atom. The summed E-state index contributed by atoms with van der Waals surface area (Å²) in [5.41, 5.74) is 1.36. The van der Waals surface area contributed by atoms with Crippen LogP contribution in [0.2, 0.25) is 0 Å². The third-order valence-corrected chi connectivity index (χ3v) is 5.47. The average molecular weight is 541 g/mol. The predicted octanol–water partition coefficient (Wildman–Crippen LogP) is -2.69. The number of nitrogens with zero attached hydrogens (tertiary/aromatic N) is 1. The van der Waals surface area contributed by atoms with Crippen LogP contribution in [-0.2, 0) is 16.0 Å². The van der Waals surface area contributed by atoms with Crippen molar-refractivity contribution in [3.8, 4) is 5.75 Å². The quantitative estimate of drug-likeness (QED) is 0.171. The van der Waals surface area contributed by atoms with Crippen molar-refractivity contribution in [2.45, 2.75) is 71.1 Å². The fraction of sp³-hybridized carbons (Fsp3) is 0.429. The largest absolute Gasteiger partial charge is 1.00 e. The smallest absolute Gasteiger partial charge is 0.550 e. The fourth-order valence-electron chi connectivity index (χ4n) is 3.64. The van der Waals surface area contributed by atoms with Gasteiger partial charge in [-0.2, -0.15) is 0 Å². The van der Waals surface area contributed by atoms with Gasteiger partial charge in [0.15, 0.2) is 0 Å². The van der Waals surface area contributed by atoms with Crippen molar-refractivity contribution >= 4 is 29.6 Å². The summed E-state index contributed by atoms with van der Waals surface area (Å²) in [7, 11) is 0. The second-order valence-corrected chi connectivity index (χ2v) is 8.58. The van der Waals surface area contributed by atoms with Gasteiger partial charge in [0.25, 0.3) is 5.91 Å². The van der Waals surface area contributed by atoms with Crippen molar-refractivity contribution in [1.82, 2.24) is 4.98 Å². The molecule has 0 spiro atoms. The molecule has 1 N–H and O–H groups in total. The summed E-state index contributed by atoms with van der Waals surface area (Å²) < 4.78 is 5.88. The summed E-state index contributed by atoms with van der Waals surface area (Å²) in [6, 6.07) is 9.62. The van der Waals surface area contributed by atoms with E-state index in [2.05, 4.69) is 17.2 Å². The van der Waals surface area contributed by atoms with Gasteiger partial charge in [-0.15, -0.1) is 0 Å². The number of unbranched alkanes of at least 4 members (excludes halogenated alkanes) is 7. The molecular formula is C28H34N2Na2O6. The van der Waals surface area contributed by atoms with Crippen molar-refractivity contribution in [3.05, 3.63) is 59.4 Å². The van der Waals surface area contributed by atoms with Gasteiger partial charge in [0.05, 0.1) is 6.61 Å². The molecule has 194 valence electrons. The van der Waals surface area contributed by atoms with Crippen LogP contribution in [0.25, 0.3) is 6.08 Å². The van der Waals surface area contributed by atoms with E-state index in [-0.39, 0.29) is 77.7 Å². The van der Waals surface area contributed by atoms with Gasteiger partial charge < -0.3 is 29.9 Å². The molecule has 38 heavy (non-hydrogen) atoms. The third kappa shape index (κ3) is 15.0. The SMILES string of the molecule is CCCCCCCCCCOc1ccc(C(=O)Nc2cccc(CC(=O)[O-])c2)nc1/C=C/CC(=O)[O-].[Na+].[Na+]. The van der Waals surface area contributed by atoms with E-state index < -0.39 is 17.8 Å². The number of carboxylic acids is 2. The van der Waals surface area contributed by atoms with Crippen molar-refractivity contribution < 1.29 is 88.4 Å². The molecule has 0 radical (unpaired) electrons. The van der Waals surface area contributed by atoms with E-state index in [4.69, 9.17) is 4.74 Å². The first kappa shape index (κ1) is 36.3. The molecule has 1 heterocycles. The number of nitrogens with one attached hydrogen (secondary N) is 1. The average Bonchev–Trinajstić information content (AvgIpc) is 2.83. The number of aliphatic carboxylic acids is 2. The van der Waals surface area contributed by atoms with E-state index in [1.54, 1.807) is 30.3 Å². The first-order valence-electron chi connectivity index (χ1n) is 12.5. The van der Waals surface area contributed by atoms with Gasteiger partial charge in [-0.05, 0) is 42.3 Å².